The first-order valence-electron chi connectivity index (χ1n) is 8.66. The van der Waals surface area contributed by atoms with Crippen LogP contribution in [0.15, 0.2) is 93.8 Å². The first kappa shape index (κ1) is 18.9. The standard InChI is InChI=1S/C21H16N4O3S/c1-28-17-6-4-14(5-7-17)18-19(15-8-11-25(27)12-9-15)29-21(23-18)24-20(26)16-3-2-10-22-13-16/h2-13,27H,1H3. The number of aromatic nitrogens is 1. The Morgan fingerprint density at radius 1 is 1.17 bits per heavy atom. The number of allylic oxidation sites excluding steroid dienone is 4. The van der Waals surface area contributed by atoms with Gasteiger partial charge < -0.3 is 4.74 Å². The number of carbonyl (C=O) groups excluding carboxylic acids is 1. The van der Waals surface area contributed by atoms with E-state index in [0.29, 0.717) is 16.4 Å². The second-order valence-electron chi connectivity index (χ2n) is 6.03. The van der Waals surface area contributed by atoms with E-state index in [1.165, 1.54) is 30.4 Å². The number of amides is 1. The molecule has 1 aromatic carbocycles. The molecule has 7 nitrogen and oxygen atoms in total. The number of amidine groups is 1. The third-order valence-corrected chi connectivity index (χ3v) is 5.16. The Kier molecular flexibility index (Phi) is 5.37. The number of pyridine rings is 1. The summed E-state index contributed by atoms with van der Waals surface area (Å²) in [6, 6.07) is 10.9. The molecule has 0 atom stereocenters. The molecule has 2 aliphatic rings. The first-order chi connectivity index (χ1) is 14.1. The average molecular weight is 404 g/mol. The Balaban J connectivity index is 1.74. The van der Waals surface area contributed by atoms with Gasteiger partial charge in [-0.25, -0.2) is 10.1 Å². The van der Waals surface area contributed by atoms with Crippen molar-refractivity contribution in [2.75, 3.05) is 7.11 Å². The lowest BCUT2D eigenvalue weighted by atomic mass is 10.1. The van der Waals surface area contributed by atoms with E-state index in [9.17, 15) is 10.0 Å². The zero-order valence-electron chi connectivity index (χ0n) is 15.4. The molecule has 0 saturated carbocycles. The predicted octanol–water partition coefficient (Wildman–Crippen LogP) is 3.81. The smallest absolute Gasteiger partial charge is 0.281 e. The number of nitrogens with zero attached hydrogens (tertiary/aromatic N) is 4. The van der Waals surface area contributed by atoms with Crippen molar-refractivity contribution in [3.63, 3.8) is 0 Å². The second kappa shape index (κ2) is 8.26. The lowest BCUT2D eigenvalue weighted by molar-refractivity contribution is 0.0105. The molecular weight excluding hydrogens is 388 g/mol. The molecule has 0 fully saturated rings. The highest BCUT2D eigenvalue weighted by atomic mass is 32.2. The Hall–Kier alpha value is -3.49. The number of aliphatic imine (C=N–C) groups is 2. The fraction of sp³-hybridized carbons (Fsp3) is 0.0476. The summed E-state index contributed by atoms with van der Waals surface area (Å²) in [7, 11) is 1.61. The molecule has 0 aliphatic carbocycles. The SMILES string of the molecule is COc1ccc(C2=NC(=NC(=O)c3cccnc3)SC2=C2C=CN(O)C=C2)cc1. The quantitative estimate of drug-likeness (QED) is 0.837. The third kappa shape index (κ3) is 4.18. The summed E-state index contributed by atoms with van der Waals surface area (Å²) in [6.07, 6.45) is 9.68. The zero-order valence-corrected chi connectivity index (χ0v) is 16.2. The molecule has 144 valence electrons. The molecule has 2 aliphatic heterocycles. The molecule has 0 spiro atoms. The normalized spacial score (nSPS) is 17.1. The van der Waals surface area contributed by atoms with Gasteiger partial charge in [0.25, 0.3) is 5.91 Å². The number of hydroxylamine groups is 2. The molecule has 0 unspecified atom stereocenters. The monoisotopic (exact) mass is 404 g/mol. The van der Waals surface area contributed by atoms with Crippen LogP contribution in [-0.4, -0.2) is 39.2 Å². The van der Waals surface area contributed by atoms with Crippen molar-refractivity contribution in [2.24, 2.45) is 9.98 Å². The molecule has 2 aromatic rings. The molecule has 0 bridgehead atoms. The Labute approximate surface area is 171 Å². The van der Waals surface area contributed by atoms with Crippen LogP contribution in [0.4, 0.5) is 0 Å². The molecule has 1 N–H and O–H groups in total. The van der Waals surface area contributed by atoms with E-state index in [1.54, 1.807) is 37.6 Å². The van der Waals surface area contributed by atoms with E-state index in [2.05, 4.69) is 15.0 Å². The first-order valence-corrected chi connectivity index (χ1v) is 9.48. The highest BCUT2D eigenvalue weighted by Crippen LogP contribution is 2.35. The summed E-state index contributed by atoms with van der Waals surface area (Å²) in [6.45, 7) is 0. The molecule has 8 heteroatoms. The number of hydrogen-bond acceptors (Lipinski definition) is 6. The highest BCUT2D eigenvalue weighted by molar-refractivity contribution is 8.18. The van der Waals surface area contributed by atoms with Gasteiger partial charge in [0, 0.05) is 35.3 Å². The summed E-state index contributed by atoms with van der Waals surface area (Å²) in [5, 5.41) is 10.8. The van der Waals surface area contributed by atoms with Gasteiger partial charge in [0.15, 0.2) is 5.17 Å². The van der Waals surface area contributed by atoms with Crippen molar-refractivity contribution < 1.29 is 14.7 Å². The van der Waals surface area contributed by atoms with E-state index < -0.39 is 5.91 Å². The van der Waals surface area contributed by atoms with Gasteiger partial charge in [0.2, 0.25) is 0 Å². The van der Waals surface area contributed by atoms with Crippen LogP contribution >= 0.6 is 11.8 Å². The molecule has 1 amide bonds. The summed E-state index contributed by atoms with van der Waals surface area (Å²) in [5.74, 6) is 0.337. The van der Waals surface area contributed by atoms with Gasteiger partial charge in [-0.15, -0.1) is 0 Å². The highest BCUT2D eigenvalue weighted by Gasteiger charge is 2.25. The maximum Gasteiger partial charge on any atom is 0.281 e. The number of hydrogen-bond donors (Lipinski definition) is 1. The minimum Gasteiger partial charge on any atom is -0.497 e. The van der Waals surface area contributed by atoms with Crippen molar-refractivity contribution >= 4 is 28.5 Å². The maximum absolute atomic E-state index is 12.4. The summed E-state index contributed by atoms with van der Waals surface area (Å²) in [4.78, 5) is 26.0. The molecule has 1 aromatic heterocycles. The van der Waals surface area contributed by atoms with Crippen molar-refractivity contribution in [3.05, 3.63) is 94.9 Å². The van der Waals surface area contributed by atoms with E-state index >= 15 is 0 Å². The second-order valence-corrected chi connectivity index (χ2v) is 7.01. The largest absolute Gasteiger partial charge is 0.497 e. The zero-order chi connectivity index (χ0) is 20.2. The molecule has 0 saturated heterocycles. The van der Waals surface area contributed by atoms with Crippen LogP contribution in [-0.2, 0) is 0 Å². The van der Waals surface area contributed by atoms with Gasteiger partial charge >= 0.3 is 0 Å². The van der Waals surface area contributed by atoms with Crippen LogP contribution in [0, 0.1) is 0 Å². The molecule has 0 radical (unpaired) electrons. The van der Waals surface area contributed by atoms with Crippen molar-refractivity contribution in [1.82, 2.24) is 10.0 Å². The van der Waals surface area contributed by atoms with E-state index in [-0.39, 0.29) is 0 Å². The Morgan fingerprint density at radius 3 is 2.59 bits per heavy atom. The van der Waals surface area contributed by atoms with Crippen LogP contribution < -0.4 is 4.74 Å². The van der Waals surface area contributed by atoms with Crippen molar-refractivity contribution in [2.45, 2.75) is 0 Å². The van der Waals surface area contributed by atoms with Crippen molar-refractivity contribution in [1.29, 1.82) is 0 Å². The summed E-state index contributed by atoms with van der Waals surface area (Å²) < 4.78 is 5.22. The Bertz CT molecular complexity index is 1070. The Morgan fingerprint density at radius 2 is 1.93 bits per heavy atom. The average Bonchev–Trinajstić information content (AvgIpc) is 3.18. The number of carbonyl (C=O) groups is 1. The molecular formula is C21H16N4O3S. The predicted molar refractivity (Wildman–Crippen MR) is 112 cm³/mol. The van der Waals surface area contributed by atoms with Gasteiger partial charge in [-0.05, 0) is 65.9 Å². The lowest BCUT2D eigenvalue weighted by Crippen LogP contribution is -2.07. The van der Waals surface area contributed by atoms with Gasteiger partial charge in [0.1, 0.15) is 5.75 Å². The third-order valence-electron chi connectivity index (χ3n) is 4.16. The molecule has 3 heterocycles. The van der Waals surface area contributed by atoms with Crippen LogP contribution in [0.25, 0.3) is 0 Å². The van der Waals surface area contributed by atoms with E-state index in [4.69, 9.17) is 4.74 Å². The fourth-order valence-corrected chi connectivity index (χ4v) is 3.67. The summed E-state index contributed by atoms with van der Waals surface area (Å²) in [5.41, 5.74) is 2.82. The maximum atomic E-state index is 12.4. The van der Waals surface area contributed by atoms with E-state index in [1.807, 2.05) is 24.3 Å². The summed E-state index contributed by atoms with van der Waals surface area (Å²) >= 11 is 1.31. The fourth-order valence-electron chi connectivity index (χ4n) is 2.71. The number of ether oxygens (including phenoxy) is 1. The van der Waals surface area contributed by atoms with Gasteiger partial charge in [0.05, 0.1) is 18.4 Å². The van der Waals surface area contributed by atoms with Crippen LogP contribution in [0.2, 0.25) is 0 Å². The number of thioether (sulfide) groups is 1. The van der Waals surface area contributed by atoms with Crippen LogP contribution in [0.3, 0.4) is 0 Å². The van der Waals surface area contributed by atoms with Crippen LogP contribution in [0.1, 0.15) is 15.9 Å². The van der Waals surface area contributed by atoms with Crippen molar-refractivity contribution in [3.8, 4) is 5.75 Å². The number of rotatable bonds is 3. The molecule has 29 heavy (non-hydrogen) atoms. The van der Waals surface area contributed by atoms with E-state index in [0.717, 1.165) is 26.9 Å². The minimum absolute atomic E-state index is 0.348. The van der Waals surface area contributed by atoms with Gasteiger partial charge in [-0.1, -0.05) is 0 Å². The van der Waals surface area contributed by atoms with Crippen LogP contribution in [0.5, 0.6) is 5.75 Å². The molecule has 4 rings (SSSR count). The van der Waals surface area contributed by atoms with Gasteiger partial charge in [-0.2, -0.15) is 4.99 Å². The number of benzene rings is 1. The van der Waals surface area contributed by atoms with Gasteiger partial charge in [-0.3, -0.25) is 15.0 Å². The topological polar surface area (TPSA) is 87.4 Å². The number of methoxy groups -OCH3 is 1. The minimum atomic E-state index is -0.402. The lowest BCUT2D eigenvalue weighted by Gasteiger charge is -2.12.